The van der Waals surface area contributed by atoms with Gasteiger partial charge in [0, 0.05) is 24.0 Å². The zero-order valence-electron chi connectivity index (χ0n) is 18.7. The Hall–Kier alpha value is -2.25. The summed E-state index contributed by atoms with van der Waals surface area (Å²) in [5.74, 6) is 0.451. The number of benzene rings is 1. The highest BCUT2D eigenvalue weighted by Crippen LogP contribution is 2.22. The zero-order valence-corrected chi connectivity index (χ0v) is 18.7. The average Bonchev–Trinajstić information content (AvgIpc) is 3.00. The lowest BCUT2D eigenvalue weighted by Gasteiger charge is -2.24. The molecule has 6 nitrogen and oxygen atoms in total. The van der Waals surface area contributed by atoms with Crippen molar-refractivity contribution in [2.75, 3.05) is 11.9 Å². The number of nitrogens with two attached hydrogens (primary N) is 1. The summed E-state index contributed by atoms with van der Waals surface area (Å²) >= 11 is 0. The molecule has 2 atom stereocenters. The van der Waals surface area contributed by atoms with Gasteiger partial charge in [-0.25, -0.2) is 14.4 Å². The Morgan fingerprint density at radius 1 is 1.26 bits per heavy atom. The van der Waals surface area contributed by atoms with Crippen LogP contribution >= 0.6 is 0 Å². The second kappa shape index (κ2) is 11.4. The van der Waals surface area contributed by atoms with E-state index in [9.17, 15) is 9.50 Å². The smallest absolute Gasteiger partial charge is 0.144 e. The fraction of sp³-hybridized carbons (Fsp3) is 0.583. The molecule has 0 aliphatic heterocycles. The van der Waals surface area contributed by atoms with E-state index in [1.165, 1.54) is 50.7 Å². The Morgan fingerprint density at radius 2 is 2.00 bits per heavy atom. The van der Waals surface area contributed by atoms with Crippen LogP contribution in [0.3, 0.4) is 0 Å². The summed E-state index contributed by atoms with van der Waals surface area (Å²) in [6, 6.07) is 7.31. The maximum Gasteiger partial charge on any atom is 0.144 e. The van der Waals surface area contributed by atoms with Gasteiger partial charge in [0.25, 0.3) is 0 Å². The van der Waals surface area contributed by atoms with E-state index in [1.807, 2.05) is 0 Å². The minimum absolute atomic E-state index is 0.180. The van der Waals surface area contributed by atoms with E-state index in [4.69, 9.17) is 5.73 Å². The van der Waals surface area contributed by atoms with E-state index in [1.54, 1.807) is 19.1 Å². The maximum atomic E-state index is 13.7. The highest BCUT2D eigenvalue weighted by molar-refractivity contribution is 6.04. The number of aromatic nitrogens is 1. The van der Waals surface area contributed by atoms with Crippen molar-refractivity contribution < 1.29 is 9.50 Å². The first-order valence-electron chi connectivity index (χ1n) is 11.6. The zero-order chi connectivity index (χ0) is 22.2. The maximum absolute atomic E-state index is 13.7. The molecule has 1 aliphatic carbocycles. The van der Waals surface area contributed by atoms with Crippen molar-refractivity contribution in [3.05, 3.63) is 35.6 Å². The lowest BCUT2D eigenvalue weighted by atomic mass is 10.0. The van der Waals surface area contributed by atoms with Crippen molar-refractivity contribution in [1.82, 2.24) is 10.3 Å². The van der Waals surface area contributed by atoms with Gasteiger partial charge in [0.05, 0.1) is 11.1 Å². The molecule has 1 aliphatic rings. The van der Waals surface area contributed by atoms with E-state index in [-0.39, 0.29) is 11.7 Å². The van der Waals surface area contributed by atoms with Crippen LogP contribution in [-0.4, -0.2) is 40.8 Å². The van der Waals surface area contributed by atoms with Crippen LogP contribution in [0, 0.1) is 5.82 Å². The van der Waals surface area contributed by atoms with Crippen molar-refractivity contribution in [2.24, 2.45) is 10.7 Å². The highest BCUT2D eigenvalue weighted by atomic mass is 19.1. The van der Waals surface area contributed by atoms with E-state index in [0.29, 0.717) is 34.4 Å². The monoisotopic (exact) mass is 429 g/mol. The van der Waals surface area contributed by atoms with Crippen LogP contribution < -0.4 is 16.4 Å². The van der Waals surface area contributed by atoms with E-state index < -0.39 is 6.23 Å². The van der Waals surface area contributed by atoms with Crippen molar-refractivity contribution in [2.45, 2.75) is 83.5 Å². The number of hydrogen-bond acceptors (Lipinski definition) is 5. The Morgan fingerprint density at radius 3 is 2.68 bits per heavy atom. The predicted octanol–water partition coefficient (Wildman–Crippen LogP) is 4.31. The van der Waals surface area contributed by atoms with Gasteiger partial charge in [-0.05, 0) is 56.9 Å². The SMILES string of the molecule is CCC(CCNc1nc2ccc(F)cc2cc1/C(N)=N/C(C)O)NC1CCCCCC1. The minimum Gasteiger partial charge on any atom is -0.383 e. The number of hydrogen-bond donors (Lipinski definition) is 4. The number of nitrogens with one attached hydrogen (secondary N) is 2. The standard InChI is InChI=1S/C24H36FN5O/c1-3-19(29-20-8-6-4-5-7-9-20)12-13-27-24-21(23(26)28-16(2)31)15-17-14-18(25)10-11-22(17)30-24/h10-11,14-16,19-20,29,31H,3-9,12-13H2,1-2H3,(H2,26,28)(H,27,30). The number of aliphatic hydroxyl groups excluding tert-OH is 1. The summed E-state index contributed by atoms with van der Waals surface area (Å²) in [6.45, 7) is 4.49. The molecule has 1 heterocycles. The molecule has 0 spiro atoms. The van der Waals surface area contributed by atoms with Gasteiger partial charge >= 0.3 is 0 Å². The molecule has 1 fully saturated rings. The van der Waals surface area contributed by atoms with Crippen molar-refractivity contribution in [1.29, 1.82) is 0 Å². The number of nitrogens with zero attached hydrogens (tertiary/aromatic N) is 2. The lowest BCUT2D eigenvalue weighted by molar-refractivity contribution is 0.205. The van der Waals surface area contributed by atoms with Gasteiger partial charge in [0.2, 0.25) is 0 Å². The molecule has 170 valence electrons. The van der Waals surface area contributed by atoms with Crippen LogP contribution in [0.5, 0.6) is 0 Å². The topological polar surface area (TPSA) is 95.6 Å². The summed E-state index contributed by atoms with van der Waals surface area (Å²) in [5.41, 5.74) is 7.38. The van der Waals surface area contributed by atoms with Gasteiger partial charge in [-0.15, -0.1) is 0 Å². The number of rotatable bonds is 9. The van der Waals surface area contributed by atoms with Crippen LogP contribution in [0.15, 0.2) is 29.3 Å². The molecule has 0 radical (unpaired) electrons. The third-order valence-corrected chi connectivity index (χ3v) is 5.98. The lowest BCUT2D eigenvalue weighted by Crippen LogP contribution is -2.38. The van der Waals surface area contributed by atoms with E-state index in [0.717, 1.165) is 19.4 Å². The fourth-order valence-corrected chi connectivity index (χ4v) is 4.30. The molecular weight excluding hydrogens is 393 g/mol. The van der Waals surface area contributed by atoms with E-state index in [2.05, 4.69) is 27.5 Å². The molecule has 2 aromatic rings. The third-order valence-electron chi connectivity index (χ3n) is 5.98. The number of halogens is 1. The normalized spacial score (nSPS) is 18.0. The Labute approximate surface area is 184 Å². The molecule has 0 bridgehead atoms. The summed E-state index contributed by atoms with van der Waals surface area (Å²) < 4.78 is 13.7. The molecule has 2 unspecified atom stereocenters. The van der Waals surface area contributed by atoms with Crippen LogP contribution in [0.2, 0.25) is 0 Å². The van der Waals surface area contributed by atoms with Crippen molar-refractivity contribution in [3.63, 3.8) is 0 Å². The molecule has 1 aromatic carbocycles. The number of fused-ring (bicyclic) bond motifs is 1. The third kappa shape index (κ3) is 6.87. The van der Waals surface area contributed by atoms with Crippen LogP contribution in [0.4, 0.5) is 10.2 Å². The minimum atomic E-state index is -0.927. The van der Waals surface area contributed by atoms with Gasteiger partial charge in [0.15, 0.2) is 0 Å². The number of pyridine rings is 1. The molecule has 1 aromatic heterocycles. The number of anilines is 1. The summed E-state index contributed by atoms with van der Waals surface area (Å²) in [5, 5.41) is 17.5. The molecule has 0 amide bonds. The van der Waals surface area contributed by atoms with E-state index >= 15 is 0 Å². The molecule has 0 saturated heterocycles. The first-order chi connectivity index (χ1) is 15.0. The summed E-state index contributed by atoms with van der Waals surface area (Å²) in [7, 11) is 0. The molecule has 31 heavy (non-hydrogen) atoms. The number of aliphatic hydroxyl groups is 1. The van der Waals surface area contributed by atoms with Gasteiger partial charge in [-0.3, -0.25) is 0 Å². The fourth-order valence-electron chi connectivity index (χ4n) is 4.30. The summed E-state index contributed by atoms with van der Waals surface area (Å²) in [4.78, 5) is 8.70. The molecular formula is C24H36FN5O. The largest absolute Gasteiger partial charge is 0.383 e. The molecule has 1 saturated carbocycles. The number of amidine groups is 1. The van der Waals surface area contributed by atoms with Crippen molar-refractivity contribution in [3.8, 4) is 0 Å². The Kier molecular flexibility index (Phi) is 8.60. The molecule has 7 heteroatoms. The Balaban J connectivity index is 1.72. The van der Waals surface area contributed by atoms with Crippen LogP contribution in [0.1, 0.15) is 70.8 Å². The second-order valence-corrected chi connectivity index (χ2v) is 8.54. The molecule has 3 rings (SSSR count). The highest BCUT2D eigenvalue weighted by Gasteiger charge is 2.17. The van der Waals surface area contributed by atoms with Gasteiger partial charge in [-0.2, -0.15) is 0 Å². The molecule has 5 N–H and O–H groups in total. The predicted molar refractivity (Wildman–Crippen MR) is 126 cm³/mol. The quantitative estimate of drug-likeness (QED) is 0.271. The number of aliphatic imine (C=N–C) groups is 1. The summed E-state index contributed by atoms with van der Waals surface area (Å²) in [6.07, 6.45) is 8.98. The van der Waals surface area contributed by atoms with Crippen molar-refractivity contribution >= 4 is 22.6 Å². The first-order valence-corrected chi connectivity index (χ1v) is 11.6. The van der Waals surface area contributed by atoms with Crippen LogP contribution in [-0.2, 0) is 0 Å². The Bertz CT molecular complexity index is 878. The first kappa shape index (κ1) is 23.4. The average molecular weight is 430 g/mol. The van der Waals surface area contributed by atoms with Crippen LogP contribution in [0.25, 0.3) is 10.9 Å². The van der Waals surface area contributed by atoms with Gasteiger partial charge in [-0.1, -0.05) is 32.6 Å². The van der Waals surface area contributed by atoms with Gasteiger partial charge < -0.3 is 21.5 Å². The van der Waals surface area contributed by atoms with Gasteiger partial charge in [0.1, 0.15) is 23.7 Å². The second-order valence-electron chi connectivity index (χ2n) is 8.54.